The molecule has 1 nitrogen and oxygen atoms in total. The van der Waals surface area contributed by atoms with Crippen LogP contribution in [0, 0.1) is 48.5 Å². The predicted octanol–water partition coefficient (Wildman–Crippen LogP) is 5.08. The van der Waals surface area contributed by atoms with Crippen LogP contribution in [0.2, 0.25) is 0 Å². The Labute approximate surface area is 128 Å². The molecule has 1 heteroatoms. The number of hydrogen-bond donors (Lipinski definition) is 0. The van der Waals surface area contributed by atoms with Crippen LogP contribution in [0.4, 0.5) is 0 Å². The minimum absolute atomic E-state index is 0.147. The summed E-state index contributed by atoms with van der Waals surface area (Å²) in [7, 11) is 0. The molecule has 0 heterocycles. The fourth-order valence-electron chi connectivity index (χ4n) is 3.04. The average Bonchev–Trinajstić information content (AvgIpc) is 2.43. The largest absolute Gasteiger partial charge is 0.289 e. The van der Waals surface area contributed by atoms with Crippen molar-refractivity contribution >= 4 is 5.78 Å². The lowest BCUT2D eigenvalue weighted by Crippen LogP contribution is -2.11. The summed E-state index contributed by atoms with van der Waals surface area (Å²) >= 11 is 0. The maximum Gasteiger partial charge on any atom is 0.193 e. The molecule has 110 valence electrons. The number of ketones is 1. The van der Waals surface area contributed by atoms with Gasteiger partial charge in [-0.1, -0.05) is 23.8 Å². The Bertz CT molecular complexity index is 707. The van der Waals surface area contributed by atoms with E-state index >= 15 is 0 Å². The quantitative estimate of drug-likeness (QED) is 0.701. The Morgan fingerprint density at radius 3 is 1.67 bits per heavy atom. The summed E-state index contributed by atoms with van der Waals surface area (Å²) < 4.78 is 0. The third-order valence-electron chi connectivity index (χ3n) is 4.85. The summed E-state index contributed by atoms with van der Waals surface area (Å²) in [5.41, 5.74) is 9.90. The van der Waals surface area contributed by atoms with E-state index < -0.39 is 0 Å². The van der Waals surface area contributed by atoms with E-state index in [4.69, 9.17) is 0 Å². The van der Waals surface area contributed by atoms with Crippen LogP contribution in [0.5, 0.6) is 0 Å². The molecule has 0 fully saturated rings. The molecule has 21 heavy (non-hydrogen) atoms. The fourth-order valence-corrected chi connectivity index (χ4v) is 3.04. The highest BCUT2D eigenvalue weighted by Gasteiger charge is 2.20. The maximum absolute atomic E-state index is 13.0. The van der Waals surface area contributed by atoms with Crippen molar-refractivity contribution in [2.45, 2.75) is 48.5 Å². The lowest BCUT2D eigenvalue weighted by atomic mass is 9.85. The molecule has 0 bridgehead atoms. The van der Waals surface area contributed by atoms with Crippen molar-refractivity contribution in [3.8, 4) is 0 Å². The van der Waals surface area contributed by atoms with Crippen LogP contribution in [0.3, 0.4) is 0 Å². The zero-order chi connectivity index (χ0) is 15.9. The molecule has 0 unspecified atom stereocenters. The second-order valence-electron chi connectivity index (χ2n) is 6.15. The SMILES string of the molecule is Cc1ccc(C(=O)c2c(C)c(C)c(C)c(C)c2C)c(C)c1. The normalized spacial score (nSPS) is 10.8. The molecule has 0 atom stereocenters. The van der Waals surface area contributed by atoms with Gasteiger partial charge in [0.1, 0.15) is 0 Å². The third-order valence-corrected chi connectivity index (χ3v) is 4.85. The van der Waals surface area contributed by atoms with Gasteiger partial charge in [0, 0.05) is 11.1 Å². The van der Waals surface area contributed by atoms with E-state index in [9.17, 15) is 4.79 Å². The van der Waals surface area contributed by atoms with Crippen molar-refractivity contribution < 1.29 is 4.79 Å². The Hall–Kier alpha value is -1.89. The molecule has 0 N–H and O–H groups in total. The molecule has 0 amide bonds. The highest BCUT2D eigenvalue weighted by molar-refractivity contribution is 6.12. The van der Waals surface area contributed by atoms with Gasteiger partial charge in [-0.05, 0) is 81.8 Å². The van der Waals surface area contributed by atoms with Crippen molar-refractivity contribution in [2.24, 2.45) is 0 Å². The topological polar surface area (TPSA) is 17.1 Å². The fraction of sp³-hybridized carbons (Fsp3) is 0.350. The van der Waals surface area contributed by atoms with E-state index in [1.807, 2.05) is 19.1 Å². The molecule has 0 aliphatic rings. The van der Waals surface area contributed by atoms with Crippen LogP contribution in [-0.2, 0) is 0 Å². The van der Waals surface area contributed by atoms with Gasteiger partial charge in [-0.3, -0.25) is 4.79 Å². The smallest absolute Gasteiger partial charge is 0.193 e. The summed E-state index contributed by atoms with van der Waals surface area (Å²) in [6.45, 7) is 14.5. The Morgan fingerprint density at radius 1 is 0.714 bits per heavy atom. The summed E-state index contributed by atoms with van der Waals surface area (Å²) in [6, 6.07) is 6.04. The lowest BCUT2D eigenvalue weighted by Gasteiger charge is -2.18. The first-order valence-electron chi connectivity index (χ1n) is 7.44. The zero-order valence-electron chi connectivity index (χ0n) is 14.1. The summed E-state index contributed by atoms with van der Waals surface area (Å²) in [4.78, 5) is 13.0. The first-order chi connectivity index (χ1) is 9.75. The van der Waals surface area contributed by atoms with Crippen molar-refractivity contribution in [3.63, 3.8) is 0 Å². The van der Waals surface area contributed by atoms with Crippen molar-refractivity contribution in [3.05, 3.63) is 68.3 Å². The minimum Gasteiger partial charge on any atom is -0.289 e. The van der Waals surface area contributed by atoms with Crippen molar-refractivity contribution in [1.82, 2.24) is 0 Å². The van der Waals surface area contributed by atoms with Crippen molar-refractivity contribution in [2.75, 3.05) is 0 Å². The molecule has 0 aromatic heterocycles. The number of aryl methyl sites for hydroxylation is 2. The van der Waals surface area contributed by atoms with E-state index in [-0.39, 0.29) is 5.78 Å². The van der Waals surface area contributed by atoms with Gasteiger partial charge in [0.25, 0.3) is 0 Å². The Balaban J connectivity index is 2.70. The van der Waals surface area contributed by atoms with Crippen LogP contribution in [-0.4, -0.2) is 5.78 Å². The third kappa shape index (κ3) is 2.53. The molecule has 0 saturated heterocycles. The lowest BCUT2D eigenvalue weighted by molar-refractivity contribution is 0.103. The molecule has 2 aromatic rings. The van der Waals surface area contributed by atoms with E-state index in [1.54, 1.807) is 0 Å². The van der Waals surface area contributed by atoms with Gasteiger partial charge in [-0.25, -0.2) is 0 Å². The van der Waals surface area contributed by atoms with Gasteiger partial charge in [-0.15, -0.1) is 0 Å². The minimum atomic E-state index is 0.147. The van der Waals surface area contributed by atoms with Crippen LogP contribution in [0.15, 0.2) is 18.2 Å². The molecule has 0 aliphatic carbocycles. The van der Waals surface area contributed by atoms with E-state index in [2.05, 4.69) is 47.6 Å². The number of benzene rings is 2. The van der Waals surface area contributed by atoms with Crippen LogP contribution >= 0.6 is 0 Å². The molecule has 2 aromatic carbocycles. The second kappa shape index (κ2) is 5.48. The van der Waals surface area contributed by atoms with Crippen LogP contribution in [0.25, 0.3) is 0 Å². The number of carbonyl (C=O) groups excluding carboxylic acids is 1. The van der Waals surface area contributed by atoms with Gasteiger partial charge < -0.3 is 0 Å². The molecular formula is C20H24O. The van der Waals surface area contributed by atoms with Gasteiger partial charge in [0.2, 0.25) is 0 Å². The van der Waals surface area contributed by atoms with E-state index in [1.165, 1.54) is 22.3 Å². The predicted molar refractivity (Wildman–Crippen MR) is 89.5 cm³/mol. The summed E-state index contributed by atoms with van der Waals surface area (Å²) in [5.74, 6) is 0.147. The Kier molecular flexibility index (Phi) is 4.04. The highest BCUT2D eigenvalue weighted by atomic mass is 16.1. The second-order valence-corrected chi connectivity index (χ2v) is 6.15. The van der Waals surface area contributed by atoms with E-state index in [0.717, 1.165) is 27.8 Å². The molecule has 0 spiro atoms. The van der Waals surface area contributed by atoms with Gasteiger partial charge >= 0.3 is 0 Å². The van der Waals surface area contributed by atoms with Gasteiger partial charge in [0.15, 0.2) is 5.78 Å². The molecule has 0 radical (unpaired) electrons. The molecular weight excluding hydrogens is 256 g/mol. The highest BCUT2D eigenvalue weighted by Crippen LogP contribution is 2.28. The Morgan fingerprint density at radius 2 is 1.19 bits per heavy atom. The van der Waals surface area contributed by atoms with Crippen LogP contribution < -0.4 is 0 Å². The first kappa shape index (κ1) is 15.5. The summed E-state index contributed by atoms with van der Waals surface area (Å²) in [6.07, 6.45) is 0. The maximum atomic E-state index is 13.0. The van der Waals surface area contributed by atoms with Crippen molar-refractivity contribution in [1.29, 1.82) is 0 Å². The first-order valence-corrected chi connectivity index (χ1v) is 7.44. The number of carbonyl (C=O) groups is 1. The van der Waals surface area contributed by atoms with Gasteiger partial charge in [-0.2, -0.15) is 0 Å². The molecule has 2 rings (SSSR count). The average molecular weight is 280 g/mol. The standard InChI is InChI=1S/C20H24O/c1-11-8-9-18(12(2)10-11)20(21)19-16(6)14(4)13(3)15(5)17(19)7/h8-10H,1-7H3. The monoisotopic (exact) mass is 280 g/mol. The number of rotatable bonds is 2. The number of hydrogen-bond acceptors (Lipinski definition) is 1. The van der Waals surface area contributed by atoms with Gasteiger partial charge in [0.05, 0.1) is 0 Å². The van der Waals surface area contributed by atoms with E-state index in [0.29, 0.717) is 0 Å². The van der Waals surface area contributed by atoms with Crippen LogP contribution in [0.1, 0.15) is 54.9 Å². The zero-order valence-corrected chi connectivity index (χ0v) is 14.1. The summed E-state index contributed by atoms with van der Waals surface area (Å²) in [5, 5.41) is 0. The molecule has 0 aliphatic heterocycles. The molecule has 0 saturated carbocycles.